The molecule has 0 aromatic rings. The van der Waals surface area contributed by atoms with Gasteiger partial charge in [-0.15, -0.1) is 0 Å². The van der Waals surface area contributed by atoms with Gasteiger partial charge in [-0.05, 0) is 11.8 Å². The molecular formula is C11H20N2O2. The lowest BCUT2D eigenvalue weighted by Gasteiger charge is -2.17. The van der Waals surface area contributed by atoms with Crippen molar-refractivity contribution in [3.8, 4) is 0 Å². The van der Waals surface area contributed by atoms with Crippen LogP contribution < -0.4 is 5.32 Å². The van der Waals surface area contributed by atoms with Crippen LogP contribution in [0.2, 0.25) is 0 Å². The number of imide groups is 1. The van der Waals surface area contributed by atoms with Crippen molar-refractivity contribution in [1.29, 1.82) is 0 Å². The fraction of sp³-hybridized carbons (Fsp3) is 0.818. The van der Waals surface area contributed by atoms with Gasteiger partial charge in [-0.3, -0.25) is 9.69 Å². The third kappa shape index (κ3) is 2.49. The van der Waals surface area contributed by atoms with Crippen LogP contribution >= 0.6 is 0 Å². The first-order valence-electron chi connectivity index (χ1n) is 5.59. The van der Waals surface area contributed by atoms with Crippen molar-refractivity contribution in [3.05, 3.63) is 0 Å². The third-order valence-corrected chi connectivity index (χ3v) is 2.82. The van der Waals surface area contributed by atoms with Crippen LogP contribution in [-0.4, -0.2) is 29.4 Å². The summed E-state index contributed by atoms with van der Waals surface area (Å²) in [7, 11) is 0. The van der Waals surface area contributed by atoms with Gasteiger partial charge in [0.2, 0.25) is 0 Å². The minimum atomic E-state index is -0.318. The Morgan fingerprint density at radius 3 is 2.40 bits per heavy atom. The molecule has 0 spiro atoms. The Bertz CT molecular complexity index is 263. The van der Waals surface area contributed by atoms with E-state index in [4.69, 9.17) is 0 Å². The van der Waals surface area contributed by atoms with Crippen LogP contribution in [0.4, 0.5) is 4.79 Å². The minimum absolute atomic E-state index is 0.0666. The maximum absolute atomic E-state index is 11.9. The summed E-state index contributed by atoms with van der Waals surface area (Å²) in [5, 5.41) is 2.75. The standard InChI is InChI=1S/C11H20N2O2/c1-5-8(4)9-10(14)13(6-7(2)3)11(15)12-9/h7-9H,5-6H2,1-4H3,(H,12,15)/t8-,9+/m1/s1. The average Bonchev–Trinajstić information content (AvgIpc) is 2.44. The molecule has 1 rings (SSSR count). The van der Waals surface area contributed by atoms with E-state index in [2.05, 4.69) is 5.32 Å². The van der Waals surface area contributed by atoms with Crippen molar-refractivity contribution < 1.29 is 9.59 Å². The number of nitrogens with one attached hydrogen (secondary N) is 1. The highest BCUT2D eigenvalue weighted by Crippen LogP contribution is 2.17. The summed E-state index contributed by atoms with van der Waals surface area (Å²) in [6, 6.07) is -0.555. The number of amides is 3. The van der Waals surface area contributed by atoms with Gasteiger partial charge in [-0.1, -0.05) is 34.1 Å². The Labute approximate surface area is 91.0 Å². The van der Waals surface area contributed by atoms with Crippen LogP contribution in [0.1, 0.15) is 34.1 Å². The molecule has 1 fully saturated rings. The number of hydrogen-bond acceptors (Lipinski definition) is 2. The maximum Gasteiger partial charge on any atom is 0.324 e. The number of nitrogens with zero attached hydrogens (tertiary/aromatic N) is 1. The predicted molar refractivity (Wildman–Crippen MR) is 58.3 cm³/mol. The summed E-state index contributed by atoms with van der Waals surface area (Å²) in [6.07, 6.45) is 0.895. The maximum atomic E-state index is 11.9. The summed E-state index contributed by atoms with van der Waals surface area (Å²) in [5.41, 5.74) is 0. The Kier molecular flexibility index (Phi) is 3.72. The van der Waals surface area contributed by atoms with E-state index in [1.807, 2.05) is 27.7 Å². The van der Waals surface area contributed by atoms with E-state index < -0.39 is 0 Å². The van der Waals surface area contributed by atoms with Crippen LogP contribution in [-0.2, 0) is 4.79 Å². The van der Waals surface area contributed by atoms with E-state index in [1.54, 1.807) is 0 Å². The number of hydrogen-bond donors (Lipinski definition) is 1. The Morgan fingerprint density at radius 1 is 1.33 bits per heavy atom. The van der Waals surface area contributed by atoms with Gasteiger partial charge in [-0.2, -0.15) is 0 Å². The van der Waals surface area contributed by atoms with Gasteiger partial charge in [0.1, 0.15) is 6.04 Å². The van der Waals surface area contributed by atoms with E-state index >= 15 is 0 Å². The second-order valence-electron chi connectivity index (χ2n) is 4.66. The monoisotopic (exact) mass is 212 g/mol. The van der Waals surface area contributed by atoms with Crippen molar-refractivity contribution in [2.24, 2.45) is 11.8 Å². The molecule has 0 saturated carbocycles. The van der Waals surface area contributed by atoms with Crippen molar-refractivity contribution in [1.82, 2.24) is 10.2 Å². The lowest BCUT2D eigenvalue weighted by atomic mass is 9.99. The molecule has 0 aromatic carbocycles. The van der Waals surface area contributed by atoms with Gasteiger partial charge < -0.3 is 5.32 Å². The number of rotatable bonds is 4. The molecule has 1 N–H and O–H groups in total. The van der Waals surface area contributed by atoms with Crippen LogP contribution in [0.25, 0.3) is 0 Å². The first-order chi connectivity index (χ1) is 6.97. The fourth-order valence-electron chi connectivity index (χ4n) is 1.70. The van der Waals surface area contributed by atoms with Crippen LogP contribution in [0.15, 0.2) is 0 Å². The molecule has 0 unspecified atom stereocenters. The second-order valence-corrected chi connectivity index (χ2v) is 4.66. The smallest absolute Gasteiger partial charge is 0.324 e. The van der Waals surface area contributed by atoms with Gasteiger partial charge in [-0.25, -0.2) is 4.79 Å². The summed E-state index contributed by atoms with van der Waals surface area (Å²) >= 11 is 0. The average molecular weight is 212 g/mol. The van der Waals surface area contributed by atoms with Crippen molar-refractivity contribution in [2.75, 3.05) is 6.54 Å². The molecule has 4 heteroatoms. The van der Waals surface area contributed by atoms with Crippen LogP contribution in [0.5, 0.6) is 0 Å². The van der Waals surface area contributed by atoms with Gasteiger partial charge in [0.25, 0.3) is 5.91 Å². The van der Waals surface area contributed by atoms with E-state index in [0.29, 0.717) is 12.5 Å². The molecule has 1 aliphatic heterocycles. The Morgan fingerprint density at radius 2 is 1.93 bits per heavy atom. The first kappa shape index (κ1) is 12.0. The molecule has 2 atom stereocenters. The van der Waals surface area contributed by atoms with E-state index in [9.17, 15) is 9.59 Å². The number of urea groups is 1. The highest BCUT2D eigenvalue weighted by molar-refractivity contribution is 6.04. The second kappa shape index (κ2) is 4.64. The molecule has 0 aromatic heterocycles. The third-order valence-electron chi connectivity index (χ3n) is 2.82. The van der Waals surface area contributed by atoms with Crippen molar-refractivity contribution in [3.63, 3.8) is 0 Å². The molecule has 3 amide bonds. The fourth-order valence-corrected chi connectivity index (χ4v) is 1.70. The molecule has 15 heavy (non-hydrogen) atoms. The molecule has 0 radical (unpaired) electrons. The molecule has 4 nitrogen and oxygen atoms in total. The largest absolute Gasteiger partial charge is 0.326 e. The first-order valence-corrected chi connectivity index (χ1v) is 5.59. The quantitative estimate of drug-likeness (QED) is 0.720. The van der Waals surface area contributed by atoms with Gasteiger partial charge in [0.05, 0.1) is 0 Å². The Hall–Kier alpha value is -1.06. The molecule has 0 aliphatic carbocycles. The van der Waals surface area contributed by atoms with Crippen molar-refractivity contribution in [2.45, 2.75) is 40.2 Å². The highest BCUT2D eigenvalue weighted by Gasteiger charge is 2.40. The molecule has 86 valence electrons. The Balaban J connectivity index is 2.70. The summed E-state index contributed by atoms with van der Waals surface area (Å²) in [5.74, 6) is 0.456. The summed E-state index contributed by atoms with van der Waals surface area (Å²) < 4.78 is 0. The summed E-state index contributed by atoms with van der Waals surface area (Å²) in [4.78, 5) is 24.8. The lowest BCUT2D eigenvalue weighted by Crippen LogP contribution is -2.36. The van der Waals surface area contributed by atoms with Crippen LogP contribution in [0.3, 0.4) is 0 Å². The summed E-state index contributed by atoms with van der Waals surface area (Å²) in [6.45, 7) is 8.52. The zero-order valence-corrected chi connectivity index (χ0v) is 9.91. The van der Waals surface area contributed by atoms with Crippen molar-refractivity contribution >= 4 is 11.9 Å². The number of carbonyl (C=O) groups is 2. The highest BCUT2D eigenvalue weighted by atomic mass is 16.2. The zero-order valence-electron chi connectivity index (χ0n) is 9.91. The molecule has 0 bridgehead atoms. The van der Waals surface area contributed by atoms with Gasteiger partial charge >= 0.3 is 6.03 Å². The van der Waals surface area contributed by atoms with Crippen LogP contribution in [0, 0.1) is 11.8 Å². The van der Waals surface area contributed by atoms with E-state index in [-0.39, 0.29) is 23.9 Å². The topological polar surface area (TPSA) is 49.4 Å². The van der Waals surface area contributed by atoms with Gasteiger partial charge in [0.15, 0.2) is 0 Å². The lowest BCUT2D eigenvalue weighted by molar-refractivity contribution is -0.128. The molecule has 1 heterocycles. The number of carbonyl (C=O) groups excluding carboxylic acids is 2. The molecular weight excluding hydrogens is 192 g/mol. The normalized spacial score (nSPS) is 23.5. The molecule has 1 aliphatic rings. The van der Waals surface area contributed by atoms with E-state index in [1.165, 1.54) is 4.90 Å². The zero-order chi connectivity index (χ0) is 11.6. The van der Waals surface area contributed by atoms with E-state index in [0.717, 1.165) is 6.42 Å². The SMILES string of the molecule is CC[C@@H](C)[C@@H]1NC(=O)N(CC(C)C)C1=O. The van der Waals surface area contributed by atoms with Gasteiger partial charge in [0, 0.05) is 6.54 Å². The minimum Gasteiger partial charge on any atom is -0.326 e. The predicted octanol–water partition coefficient (Wildman–Crippen LogP) is 1.61. The molecule has 1 saturated heterocycles.